The highest BCUT2D eigenvalue weighted by molar-refractivity contribution is 7.09. The Labute approximate surface area is 142 Å². The second-order valence-electron chi connectivity index (χ2n) is 6.04. The molecule has 4 nitrogen and oxygen atoms in total. The summed E-state index contributed by atoms with van der Waals surface area (Å²) in [5.74, 6) is 0.436. The van der Waals surface area contributed by atoms with E-state index in [2.05, 4.69) is 34.0 Å². The van der Waals surface area contributed by atoms with Crippen molar-refractivity contribution in [2.24, 2.45) is 5.92 Å². The van der Waals surface area contributed by atoms with Gasteiger partial charge in [-0.25, -0.2) is 4.98 Å². The molecule has 2 aromatic rings. The zero-order chi connectivity index (χ0) is 16.7. The van der Waals surface area contributed by atoms with E-state index in [0.29, 0.717) is 12.3 Å². The van der Waals surface area contributed by atoms with E-state index in [1.54, 1.807) is 11.3 Å². The SMILES string of the molecule is CCc1nc(CNCc2cccc(NC(=O)CC(C)C)c2)cs1. The van der Waals surface area contributed by atoms with E-state index < -0.39 is 0 Å². The second-order valence-corrected chi connectivity index (χ2v) is 6.98. The van der Waals surface area contributed by atoms with Crippen molar-refractivity contribution in [2.75, 3.05) is 5.32 Å². The average Bonchev–Trinajstić information content (AvgIpc) is 2.95. The van der Waals surface area contributed by atoms with Crippen LogP contribution in [0.4, 0.5) is 5.69 Å². The molecule has 0 aliphatic carbocycles. The molecular weight excluding hydrogens is 306 g/mol. The number of aromatic nitrogens is 1. The van der Waals surface area contributed by atoms with Crippen LogP contribution in [0.15, 0.2) is 29.6 Å². The monoisotopic (exact) mass is 331 g/mol. The molecule has 0 atom stereocenters. The van der Waals surface area contributed by atoms with Gasteiger partial charge in [0.2, 0.25) is 5.91 Å². The lowest BCUT2D eigenvalue weighted by Crippen LogP contribution is -2.15. The normalized spacial score (nSPS) is 11.0. The van der Waals surface area contributed by atoms with Crippen LogP contribution in [0.2, 0.25) is 0 Å². The first-order valence-electron chi connectivity index (χ1n) is 8.09. The summed E-state index contributed by atoms with van der Waals surface area (Å²) in [7, 11) is 0. The van der Waals surface area contributed by atoms with Crippen molar-refractivity contribution in [2.45, 2.75) is 46.7 Å². The van der Waals surface area contributed by atoms with Gasteiger partial charge in [-0.05, 0) is 30.0 Å². The van der Waals surface area contributed by atoms with E-state index in [4.69, 9.17) is 0 Å². The van der Waals surface area contributed by atoms with Crippen molar-refractivity contribution < 1.29 is 4.79 Å². The summed E-state index contributed by atoms with van der Waals surface area (Å²) in [5.41, 5.74) is 3.10. The molecule has 2 rings (SSSR count). The highest BCUT2D eigenvalue weighted by atomic mass is 32.1. The number of carbonyl (C=O) groups excluding carboxylic acids is 1. The predicted octanol–water partition coefficient (Wildman–Crippen LogP) is 3.98. The number of anilines is 1. The quantitative estimate of drug-likeness (QED) is 0.769. The summed E-state index contributed by atoms with van der Waals surface area (Å²) in [6, 6.07) is 7.98. The van der Waals surface area contributed by atoms with Gasteiger partial charge in [0.25, 0.3) is 0 Å². The lowest BCUT2D eigenvalue weighted by molar-refractivity contribution is -0.116. The van der Waals surface area contributed by atoms with Gasteiger partial charge >= 0.3 is 0 Å². The van der Waals surface area contributed by atoms with Crippen LogP contribution in [-0.4, -0.2) is 10.9 Å². The maximum absolute atomic E-state index is 11.8. The van der Waals surface area contributed by atoms with Crippen LogP contribution in [0.3, 0.4) is 0 Å². The molecule has 1 aromatic carbocycles. The molecule has 0 aliphatic rings. The summed E-state index contributed by atoms with van der Waals surface area (Å²) in [4.78, 5) is 16.4. The molecule has 0 bridgehead atoms. The zero-order valence-electron chi connectivity index (χ0n) is 14.1. The topological polar surface area (TPSA) is 54.0 Å². The molecule has 2 N–H and O–H groups in total. The fraction of sp³-hybridized carbons (Fsp3) is 0.444. The Hall–Kier alpha value is -1.72. The van der Waals surface area contributed by atoms with Gasteiger partial charge in [0.1, 0.15) is 0 Å². The molecule has 23 heavy (non-hydrogen) atoms. The molecule has 1 amide bonds. The summed E-state index contributed by atoms with van der Waals surface area (Å²) < 4.78 is 0. The molecule has 0 saturated carbocycles. The first kappa shape index (κ1) is 17.6. The third-order valence-corrected chi connectivity index (χ3v) is 4.38. The Morgan fingerprint density at radius 2 is 2.13 bits per heavy atom. The van der Waals surface area contributed by atoms with E-state index in [9.17, 15) is 4.79 Å². The first-order valence-corrected chi connectivity index (χ1v) is 8.97. The maximum atomic E-state index is 11.8. The van der Waals surface area contributed by atoms with E-state index in [1.807, 2.05) is 32.0 Å². The smallest absolute Gasteiger partial charge is 0.224 e. The zero-order valence-corrected chi connectivity index (χ0v) is 14.9. The molecule has 124 valence electrons. The molecule has 0 radical (unpaired) electrons. The molecule has 1 heterocycles. The number of thiazole rings is 1. The largest absolute Gasteiger partial charge is 0.326 e. The Bertz CT molecular complexity index is 637. The number of benzene rings is 1. The van der Waals surface area contributed by atoms with Crippen molar-refractivity contribution in [3.63, 3.8) is 0 Å². The number of aryl methyl sites for hydroxylation is 1. The summed E-state index contributed by atoms with van der Waals surface area (Å²) >= 11 is 1.71. The summed E-state index contributed by atoms with van der Waals surface area (Å²) in [6.45, 7) is 7.73. The number of hydrogen-bond acceptors (Lipinski definition) is 4. The average molecular weight is 331 g/mol. The molecule has 0 aliphatic heterocycles. The molecule has 0 unspecified atom stereocenters. The van der Waals surface area contributed by atoms with E-state index in [1.165, 1.54) is 5.01 Å². The molecular formula is C18H25N3OS. The first-order chi connectivity index (χ1) is 11.1. The van der Waals surface area contributed by atoms with Crippen molar-refractivity contribution in [3.8, 4) is 0 Å². The molecule has 5 heteroatoms. The van der Waals surface area contributed by atoms with Gasteiger partial charge in [-0.15, -0.1) is 11.3 Å². The molecule has 1 aromatic heterocycles. The Morgan fingerprint density at radius 3 is 2.83 bits per heavy atom. The standard InChI is InChI=1S/C18H25N3OS/c1-4-18-21-16(12-23-18)11-19-10-14-6-5-7-15(9-14)20-17(22)8-13(2)3/h5-7,9,12-13,19H,4,8,10-11H2,1-3H3,(H,20,22). The van der Waals surface area contributed by atoms with Crippen molar-refractivity contribution >= 4 is 22.9 Å². The Morgan fingerprint density at radius 1 is 1.30 bits per heavy atom. The Kier molecular flexibility index (Phi) is 6.74. The van der Waals surface area contributed by atoms with Gasteiger partial charge in [-0.1, -0.05) is 32.9 Å². The van der Waals surface area contributed by atoms with Gasteiger partial charge in [0, 0.05) is 30.6 Å². The number of hydrogen-bond donors (Lipinski definition) is 2. The van der Waals surface area contributed by atoms with Crippen LogP contribution in [0.5, 0.6) is 0 Å². The van der Waals surface area contributed by atoms with Crippen molar-refractivity contribution in [1.82, 2.24) is 10.3 Å². The lowest BCUT2D eigenvalue weighted by Gasteiger charge is -2.09. The van der Waals surface area contributed by atoms with Crippen molar-refractivity contribution in [3.05, 3.63) is 45.9 Å². The van der Waals surface area contributed by atoms with Crippen molar-refractivity contribution in [1.29, 1.82) is 0 Å². The van der Waals surface area contributed by atoms with Crippen LogP contribution in [0.25, 0.3) is 0 Å². The fourth-order valence-corrected chi connectivity index (χ4v) is 3.01. The van der Waals surface area contributed by atoms with Crippen LogP contribution in [0, 0.1) is 5.92 Å². The van der Waals surface area contributed by atoms with E-state index in [-0.39, 0.29) is 5.91 Å². The third kappa shape index (κ3) is 6.12. The lowest BCUT2D eigenvalue weighted by atomic mass is 10.1. The number of carbonyl (C=O) groups is 1. The summed E-state index contributed by atoms with van der Waals surface area (Å²) in [6.07, 6.45) is 1.54. The number of nitrogens with zero attached hydrogens (tertiary/aromatic N) is 1. The second kappa shape index (κ2) is 8.79. The highest BCUT2D eigenvalue weighted by Crippen LogP contribution is 2.13. The van der Waals surface area contributed by atoms with E-state index >= 15 is 0 Å². The molecule has 0 spiro atoms. The van der Waals surface area contributed by atoms with Gasteiger partial charge < -0.3 is 10.6 Å². The van der Waals surface area contributed by atoms with Crippen LogP contribution >= 0.6 is 11.3 Å². The minimum atomic E-state index is 0.0691. The molecule has 0 saturated heterocycles. The van der Waals surface area contributed by atoms with E-state index in [0.717, 1.165) is 36.5 Å². The number of nitrogens with one attached hydrogen (secondary N) is 2. The third-order valence-electron chi connectivity index (χ3n) is 3.34. The van der Waals surface area contributed by atoms with Gasteiger partial charge in [0.05, 0.1) is 10.7 Å². The van der Waals surface area contributed by atoms with Gasteiger partial charge in [-0.3, -0.25) is 4.79 Å². The highest BCUT2D eigenvalue weighted by Gasteiger charge is 2.06. The minimum Gasteiger partial charge on any atom is -0.326 e. The van der Waals surface area contributed by atoms with Gasteiger partial charge in [-0.2, -0.15) is 0 Å². The number of rotatable bonds is 8. The predicted molar refractivity (Wildman–Crippen MR) is 96.6 cm³/mol. The van der Waals surface area contributed by atoms with Crippen LogP contribution in [-0.2, 0) is 24.3 Å². The van der Waals surface area contributed by atoms with Crippen LogP contribution < -0.4 is 10.6 Å². The minimum absolute atomic E-state index is 0.0691. The Balaban J connectivity index is 1.83. The summed E-state index contributed by atoms with van der Waals surface area (Å²) in [5, 5.41) is 9.64. The van der Waals surface area contributed by atoms with Gasteiger partial charge in [0.15, 0.2) is 0 Å². The van der Waals surface area contributed by atoms with Crippen LogP contribution in [0.1, 0.15) is 43.5 Å². The number of amides is 1. The maximum Gasteiger partial charge on any atom is 0.224 e. The molecule has 0 fully saturated rings. The fourth-order valence-electron chi connectivity index (χ4n) is 2.27.